The van der Waals surface area contributed by atoms with Gasteiger partial charge in [0.2, 0.25) is 0 Å². The Balaban J connectivity index is 3.41. The minimum Gasteiger partial charge on any atom is -0.396 e. The van der Waals surface area contributed by atoms with Gasteiger partial charge < -0.3 is 10.4 Å². The van der Waals surface area contributed by atoms with Crippen LogP contribution in [-0.2, 0) is 0 Å². The third kappa shape index (κ3) is 8.12. The molecular formula is C14H31NO. The first-order valence-electron chi connectivity index (χ1n) is 6.94. The van der Waals surface area contributed by atoms with Gasteiger partial charge in [-0.15, -0.1) is 0 Å². The van der Waals surface area contributed by atoms with E-state index < -0.39 is 0 Å². The Morgan fingerprint density at radius 3 is 2.06 bits per heavy atom. The monoisotopic (exact) mass is 229 g/mol. The highest BCUT2D eigenvalue weighted by Gasteiger charge is 2.21. The van der Waals surface area contributed by atoms with Crippen LogP contribution >= 0.6 is 0 Å². The Morgan fingerprint density at radius 1 is 1.00 bits per heavy atom. The Morgan fingerprint density at radius 2 is 1.56 bits per heavy atom. The van der Waals surface area contributed by atoms with Crippen molar-refractivity contribution in [1.82, 2.24) is 5.32 Å². The fourth-order valence-electron chi connectivity index (χ4n) is 2.16. The van der Waals surface area contributed by atoms with Crippen LogP contribution in [0.15, 0.2) is 0 Å². The van der Waals surface area contributed by atoms with Crippen LogP contribution in [0.3, 0.4) is 0 Å². The maximum atomic E-state index is 9.35. The zero-order chi connectivity index (χ0) is 12.3. The van der Waals surface area contributed by atoms with Crippen LogP contribution in [0.25, 0.3) is 0 Å². The fraction of sp³-hybridized carbons (Fsp3) is 1.00. The molecule has 0 saturated heterocycles. The average Bonchev–Trinajstić information content (AvgIpc) is 2.28. The van der Waals surface area contributed by atoms with Crippen LogP contribution < -0.4 is 5.32 Å². The summed E-state index contributed by atoms with van der Waals surface area (Å²) >= 11 is 0. The molecule has 0 aromatic carbocycles. The molecule has 0 amide bonds. The lowest BCUT2D eigenvalue weighted by Gasteiger charge is -2.26. The molecule has 0 rings (SSSR count). The van der Waals surface area contributed by atoms with E-state index >= 15 is 0 Å². The molecule has 0 aromatic heterocycles. The number of hydrogen-bond donors (Lipinski definition) is 2. The molecule has 16 heavy (non-hydrogen) atoms. The van der Waals surface area contributed by atoms with Gasteiger partial charge >= 0.3 is 0 Å². The summed E-state index contributed by atoms with van der Waals surface area (Å²) in [6.45, 7) is 5.63. The molecule has 0 heterocycles. The SMILES string of the molecule is CCCCCCCCCC(C)(CO)CNC. The quantitative estimate of drug-likeness (QED) is 0.533. The first kappa shape index (κ1) is 15.9. The third-order valence-corrected chi connectivity index (χ3v) is 3.37. The van der Waals surface area contributed by atoms with Crippen molar-refractivity contribution in [1.29, 1.82) is 0 Å². The normalized spacial score (nSPS) is 15.0. The Hall–Kier alpha value is -0.0800. The Kier molecular flexibility index (Phi) is 10.0. The summed E-state index contributed by atoms with van der Waals surface area (Å²) in [5, 5.41) is 12.5. The van der Waals surface area contributed by atoms with Gasteiger partial charge in [0.25, 0.3) is 0 Å². The number of hydrogen-bond acceptors (Lipinski definition) is 2. The van der Waals surface area contributed by atoms with E-state index in [0.29, 0.717) is 6.61 Å². The number of aliphatic hydroxyl groups excluding tert-OH is 1. The van der Waals surface area contributed by atoms with Gasteiger partial charge in [-0.2, -0.15) is 0 Å². The molecule has 0 aliphatic rings. The molecule has 0 bridgehead atoms. The van der Waals surface area contributed by atoms with E-state index in [1.165, 1.54) is 44.9 Å². The van der Waals surface area contributed by atoms with Crippen LogP contribution in [0.5, 0.6) is 0 Å². The highest BCUT2D eigenvalue weighted by molar-refractivity contribution is 4.75. The number of nitrogens with one attached hydrogen (secondary N) is 1. The van der Waals surface area contributed by atoms with Gasteiger partial charge in [-0.05, 0) is 13.5 Å². The fourth-order valence-corrected chi connectivity index (χ4v) is 2.16. The van der Waals surface area contributed by atoms with Crippen molar-refractivity contribution in [3.8, 4) is 0 Å². The van der Waals surface area contributed by atoms with Crippen molar-refractivity contribution in [3.63, 3.8) is 0 Å². The highest BCUT2D eigenvalue weighted by Crippen LogP contribution is 2.23. The second-order valence-electron chi connectivity index (χ2n) is 5.37. The van der Waals surface area contributed by atoms with E-state index in [0.717, 1.165) is 13.0 Å². The van der Waals surface area contributed by atoms with Gasteiger partial charge in [0.1, 0.15) is 0 Å². The van der Waals surface area contributed by atoms with Crippen molar-refractivity contribution in [2.45, 2.75) is 65.2 Å². The predicted octanol–water partition coefficient (Wildman–Crippen LogP) is 3.35. The summed E-state index contributed by atoms with van der Waals surface area (Å²) in [7, 11) is 1.96. The molecule has 2 nitrogen and oxygen atoms in total. The number of rotatable bonds is 11. The van der Waals surface area contributed by atoms with Crippen LogP contribution in [0.4, 0.5) is 0 Å². The molecular weight excluding hydrogens is 198 g/mol. The first-order chi connectivity index (χ1) is 7.68. The molecule has 0 fully saturated rings. The van der Waals surface area contributed by atoms with Gasteiger partial charge in [-0.1, -0.05) is 58.8 Å². The molecule has 0 aromatic rings. The van der Waals surface area contributed by atoms with E-state index in [9.17, 15) is 5.11 Å². The Labute approximate surface area is 102 Å². The molecule has 2 N–H and O–H groups in total. The van der Waals surface area contributed by atoms with Crippen LogP contribution in [0.1, 0.15) is 65.2 Å². The van der Waals surface area contributed by atoms with Gasteiger partial charge in [0.15, 0.2) is 0 Å². The highest BCUT2D eigenvalue weighted by atomic mass is 16.3. The topological polar surface area (TPSA) is 32.3 Å². The minimum atomic E-state index is 0.0815. The smallest absolute Gasteiger partial charge is 0.0496 e. The Bertz CT molecular complexity index is 150. The van der Waals surface area contributed by atoms with Gasteiger partial charge in [0.05, 0.1) is 0 Å². The predicted molar refractivity (Wildman–Crippen MR) is 71.7 cm³/mol. The van der Waals surface area contributed by atoms with Crippen LogP contribution in [0.2, 0.25) is 0 Å². The van der Waals surface area contributed by atoms with E-state index in [-0.39, 0.29) is 5.41 Å². The molecule has 2 heteroatoms. The summed E-state index contributed by atoms with van der Waals surface area (Å²) in [4.78, 5) is 0. The van der Waals surface area contributed by atoms with E-state index in [4.69, 9.17) is 0 Å². The largest absolute Gasteiger partial charge is 0.396 e. The maximum Gasteiger partial charge on any atom is 0.0496 e. The molecule has 98 valence electrons. The number of aliphatic hydroxyl groups is 1. The lowest BCUT2D eigenvalue weighted by atomic mass is 9.85. The summed E-state index contributed by atoms with van der Waals surface area (Å²) in [6.07, 6.45) is 10.6. The van der Waals surface area contributed by atoms with Crippen LogP contribution in [0, 0.1) is 5.41 Å². The molecule has 0 radical (unpaired) electrons. The van der Waals surface area contributed by atoms with Gasteiger partial charge in [0, 0.05) is 18.6 Å². The van der Waals surface area contributed by atoms with Crippen molar-refractivity contribution >= 4 is 0 Å². The zero-order valence-electron chi connectivity index (χ0n) is 11.5. The zero-order valence-corrected chi connectivity index (χ0v) is 11.5. The third-order valence-electron chi connectivity index (χ3n) is 3.37. The standard InChI is InChI=1S/C14H31NO/c1-4-5-6-7-8-9-10-11-14(2,13-16)12-15-3/h15-16H,4-13H2,1-3H3. The van der Waals surface area contributed by atoms with Gasteiger partial charge in [-0.3, -0.25) is 0 Å². The number of unbranched alkanes of at least 4 members (excludes halogenated alkanes) is 6. The molecule has 1 unspecified atom stereocenters. The first-order valence-corrected chi connectivity index (χ1v) is 6.94. The lowest BCUT2D eigenvalue weighted by Crippen LogP contribution is -2.33. The lowest BCUT2D eigenvalue weighted by molar-refractivity contribution is 0.129. The second-order valence-corrected chi connectivity index (χ2v) is 5.37. The second kappa shape index (κ2) is 10.1. The average molecular weight is 229 g/mol. The van der Waals surface area contributed by atoms with Crippen LogP contribution in [-0.4, -0.2) is 25.3 Å². The molecule has 0 aliphatic heterocycles. The maximum absolute atomic E-state index is 9.35. The van der Waals surface area contributed by atoms with E-state index in [2.05, 4.69) is 19.2 Å². The molecule has 1 atom stereocenters. The summed E-state index contributed by atoms with van der Waals surface area (Å²) in [5.74, 6) is 0. The van der Waals surface area contributed by atoms with Crippen molar-refractivity contribution in [2.75, 3.05) is 20.2 Å². The van der Waals surface area contributed by atoms with Crippen molar-refractivity contribution < 1.29 is 5.11 Å². The summed E-state index contributed by atoms with van der Waals surface area (Å²) < 4.78 is 0. The van der Waals surface area contributed by atoms with E-state index in [1.807, 2.05) is 7.05 Å². The molecule has 0 saturated carbocycles. The summed E-state index contributed by atoms with van der Waals surface area (Å²) in [6, 6.07) is 0. The summed E-state index contributed by atoms with van der Waals surface area (Å²) in [5.41, 5.74) is 0.0815. The molecule has 0 spiro atoms. The van der Waals surface area contributed by atoms with Gasteiger partial charge in [-0.25, -0.2) is 0 Å². The minimum absolute atomic E-state index is 0.0815. The van der Waals surface area contributed by atoms with Crippen molar-refractivity contribution in [3.05, 3.63) is 0 Å². The van der Waals surface area contributed by atoms with Crippen molar-refractivity contribution in [2.24, 2.45) is 5.41 Å². The molecule has 0 aliphatic carbocycles. The van der Waals surface area contributed by atoms with E-state index in [1.54, 1.807) is 0 Å².